The molecule has 0 atom stereocenters. The number of aromatic nitrogens is 1. The third-order valence-corrected chi connectivity index (χ3v) is 5.67. The van der Waals surface area contributed by atoms with E-state index >= 15 is 0 Å². The number of nitrogens with zero attached hydrogens (tertiary/aromatic N) is 2. The number of amides is 1. The van der Waals surface area contributed by atoms with Crippen molar-refractivity contribution in [2.75, 3.05) is 19.0 Å². The summed E-state index contributed by atoms with van der Waals surface area (Å²) in [4.78, 5) is 16.4. The lowest BCUT2D eigenvalue weighted by Crippen LogP contribution is -2.20. The second kappa shape index (κ2) is 11.3. The number of nitrogens with one attached hydrogen (secondary N) is 2. The van der Waals surface area contributed by atoms with Gasteiger partial charge in [0, 0.05) is 11.1 Å². The standard InChI is InChI=1S/C22H20BrF3N4O3S/c1-3-33-18-8-13(7-17(23)20(18)32-2)11-27-30-19(31)10-16-12-34-21(29-16)28-15-6-4-5-14(9-15)22(24,25)26/h4-9,11-12H,3,10H2,1-2H3,(H,28,29)(H,30,31)/b27-11-. The second-order valence-electron chi connectivity index (χ2n) is 6.78. The van der Waals surface area contributed by atoms with Crippen LogP contribution in [0.5, 0.6) is 11.5 Å². The average Bonchev–Trinajstić information content (AvgIpc) is 3.20. The topological polar surface area (TPSA) is 84.8 Å². The molecule has 2 aromatic carbocycles. The van der Waals surface area contributed by atoms with Gasteiger partial charge in [-0.05, 0) is 58.7 Å². The Morgan fingerprint density at radius 1 is 1.29 bits per heavy atom. The summed E-state index contributed by atoms with van der Waals surface area (Å²) in [6.07, 6.45) is -3.02. The minimum absolute atomic E-state index is 0.0470. The minimum Gasteiger partial charge on any atom is -0.492 e. The normalized spacial score (nSPS) is 11.5. The van der Waals surface area contributed by atoms with E-state index in [1.165, 1.54) is 36.8 Å². The van der Waals surface area contributed by atoms with Crippen LogP contribution in [0.1, 0.15) is 23.7 Å². The van der Waals surface area contributed by atoms with Gasteiger partial charge >= 0.3 is 6.18 Å². The Balaban J connectivity index is 1.58. The van der Waals surface area contributed by atoms with Gasteiger partial charge in [0.25, 0.3) is 0 Å². The van der Waals surface area contributed by atoms with E-state index in [0.29, 0.717) is 39.0 Å². The minimum atomic E-state index is -4.43. The summed E-state index contributed by atoms with van der Waals surface area (Å²) in [6.45, 7) is 2.31. The number of hydrogen-bond acceptors (Lipinski definition) is 7. The highest BCUT2D eigenvalue weighted by atomic mass is 79.9. The number of carbonyl (C=O) groups excluding carboxylic acids is 1. The summed E-state index contributed by atoms with van der Waals surface area (Å²) >= 11 is 4.59. The molecule has 0 spiro atoms. The average molecular weight is 557 g/mol. The summed E-state index contributed by atoms with van der Waals surface area (Å²) in [5.74, 6) is 0.696. The van der Waals surface area contributed by atoms with Crippen molar-refractivity contribution in [3.63, 3.8) is 0 Å². The van der Waals surface area contributed by atoms with Crippen molar-refractivity contribution < 1.29 is 27.4 Å². The Bertz CT molecular complexity index is 1180. The zero-order valence-corrected chi connectivity index (χ0v) is 20.5. The molecule has 0 aliphatic carbocycles. The van der Waals surface area contributed by atoms with Crippen LogP contribution in [0.3, 0.4) is 0 Å². The predicted octanol–water partition coefficient (Wildman–Crippen LogP) is 5.77. The Kier molecular flexibility index (Phi) is 8.51. The third kappa shape index (κ3) is 6.94. The Morgan fingerprint density at radius 3 is 2.79 bits per heavy atom. The molecule has 0 aliphatic rings. The first kappa shape index (κ1) is 25.5. The van der Waals surface area contributed by atoms with Crippen molar-refractivity contribution in [2.24, 2.45) is 5.10 Å². The molecule has 0 aliphatic heterocycles. The van der Waals surface area contributed by atoms with Gasteiger partial charge in [-0.25, -0.2) is 10.4 Å². The van der Waals surface area contributed by atoms with Crippen molar-refractivity contribution in [2.45, 2.75) is 19.5 Å². The second-order valence-corrected chi connectivity index (χ2v) is 8.50. The zero-order valence-electron chi connectivity index (χ0n) is 18.1. The number of ether oxygens (including phenoxy) is 2. The number of benzene rings is 2. The maximum absolute atomic E-state index is 12.9. The number of hydrazone groups is 1. The fourth-order valence-corrected chi connectivity index (χ4v) is 4.20. The molecule has 0 saturated heterocycles. The van der Waals surface area contributed by atoms with Gasteiger partial charge in [-0.2, -0.15) is 18.3 Å². The Morgan fingerprint density at radius 2 is 2.09 bits per heavy atom. The van der Waals surface area contributed by atoms with Crippen LogP contribution in [0.15, 0.2) is 51.4 Å². The van der Waals surface area contributed by atoms with Crippen LogP contribution in [-0.2, 0) is 17.4 Å². The number of hydrogen-bond donors (Lipinski definition) is 2. The van der Waals surface area contributed by atoms with Crippen LogP contribution in [-0.4, -0.2) is 30.8 Å². The smallest absolute Gasteiger partial charge is 0.416 e. The van der Waals surface area contributed by atoms with E-state index in [1.54, 1.807) is 17.5 Å². The van der Waals surface area contributed by atoms with E-state index in [9.17, 15) is 18.0 Å². The summed E-state index contributed by atoms with van der Waals surface area (Å²) in [5, 5.41) is 8.80. The largest absolute Gasteiger partial charge is 0.492 e. The fraction of sp³-hybridized carbons (Fsp3) is 0.227. The highest BCUT2D eigenvalue weighted by Crippen LogP contribution is 2.36. The van der Waals surface area contributed by atoms with Crippen LogP contribution in [0.4, 0.5) is 24.0 Å². The van der Waals surface area contributed by atoms with Gasteiger partial charge < -0.3 is 14.8 Å². The SMILES string of the molecule is CCOc1cc(/C=N\NC(=O)Cc2csc(Nc3cccc(C(F)(F)F)c3)n2)cc(Br)c1OC. The number of anilines is 2. The van der Waals surface area contributed by atoms with Gasteiger partial charge in [0.05, 0.1) is 42.1 Å². The lowest BCUT2D eigenvalue weighted by molar-refractivity contribution is -0.137. The van der Waals surface area contributed by atoms with Crippen LogP contribution in [0, 0.1) is 0 Å². The van der Waals surface area contributed by atoms with Gasteiger partial charge in [-0.3, -0.25) is 4.79 Å². The van der Waals surface area contributed by atoms with E-state index in [-0.39, 0.29) is 12.1 Å². The van der Waals surface area contributed by atoms with Crippen molar-refractivity contribution >= 4 is 50.2 Å². The van der Waals surface area contributed by atoms with Crippen molar-refractivity contribution in [3.8, 4) is 11.5 Å². The highest BCUT2D eigenvalue weighted by Gasteiger charge is 2.30. The predicted molar refractivity (Wildman–Crippen MR) is 128 cm³/mol. The fourth-order valence-electron chi connectivity index (χ4n) is 2.85. The molecule has 0 radical (unpaired) electrons. The van der Waals surface area contributed by atoms with Gasteiger partial charge in [-0.1, -0.05) is 6.07 Å². The first-order valence-electron chi connectivity index (χ1n) is 9.90. The van der Waals surface area contributed by atoms with Gasteiger partial charge in [0.1, 0.15) is 0 Å². The number of halogens is 4. The molecule has 2 N–H and O–H groups in total. The first-order valence-corrected chi connectivity index (χ1v) is 11.6. The van der Waals surface area contributed by atoms with E-state index in [4.69, 9.17) is 9.47 Å². The number of alkyl halides is 3. The van der Waals surface area contributed by atoms with Crippen molar-refractivity contribution in [1.29, 1.82) is 0 Å². The molecular weight excluding hydrogens is 537 g/mol. The van der Waals surface area contributed by atoms with E-state index in [1.807, 2.05) is 6.92 Å². The maximum Gasteiger partial charge on any atom is 0.416 e. The quantitative estimate of drug-likeness (QED) is 0.258. The number of carbonyl (C=O) groups is 1. The molecule has 1 aromatic heterocycles. The summed E-state index contributed by atoms with van der Waals surface area (Å²) in [7, 11) is 1.54. The van der Waals surface area contributed by atoms with Crippen LogP contribution < -0.4 is 20.2 Å². The molecular formula is C22H20BrF3N4O3S. The van der Waals surface area contributed by atoms with Crippen LogP contribution in [0.25, 0.3) is 0 Å². The molecule has 34 heavy (non-hydrogen) atoms. The third-order valence-electron chi connectivity index (χ3n) is 4.27. The summed E-state index contributed by atoms with van der Waals surface area (Å²) < 4.78 is 50.1. The molecule has 3 rings (SSSR count). The molecule has 12 heteroatoms. The lowest BCUT2D eigenvalue weighted by Gasteiger charge is -2.11. The summed E-state index contributed by atoms with van der Waals surface area (Å²) in [6, 6.07) is 8.30. The van der Waals surface area contributed by atoms with Crippen molar-refractivity contribution in [1.82, 2.24) is 10.4 Å². The van der Waals surface area contributed by atoms with Crippen molar-refractivity contribution in [3.05, 3.63) is 63.1 Å². The molecule has 0 unspecified atom stereocenters. The molecule has 7 nitrogen and oxygen atoms in total. The highest BCUT2D eigenvalue weighted by molar-refractivity contribution is 9.10. The van der Waals surface area contributed by atoms with Gasteiger partial charge in [0.15, 0.2) is 16.6 Å². The molecule has 1 amide bonds. The lowest BCUT2D eigenvalue weighted by atomic mass is 10.2. The van der Waals surface area contributed by atoms with Gasteiger partial charge in [-0.15, -0.1) is 11.3 Å². The van der Waals surface area contributed by atoms with E-state index < -0.39 is 17.6 Å². The van der Waals surface area contributed by atoms with Gasteiger partial charge in [0.2, 0.25) is 5.91 Å². The molecule has 0 saturated carbocycles. The zero-order chi connectivity index (χ0) is 24.7. The number of rotatable bonds is 9. The first-order chi connectivity index (χ1) is 16.2. The molecule has 0 bridgehead atoms. The Hall–Kier alpha value is -3.12. The molecule has 1 heterocycles. The Labute approximate surface area is 206 Å². The van der Waals surface area contributed by atoms with Crippen LogP contribution >= 0.6 is 27.3 Å². The molecule has 0 fully saturated rings. The monoisotopic (exact) mass is 556 g/mol. The van der Waals surface area contributed by atoms with Crippen LogP contribution in [0.2, 0.25) is 0 Å². The summed E-state index contributed by atoms with van der Waals surface area (Å²) in [5.41, 5.74) is 3.05. The van der Waals surface area contributed by atoms with E-state index in [2.05, 4.69) is 36.8 Å². The van der Waals surface area contributed by atoms with E-state index in [0.717, 1.165) is 12.1 Å². The maximum atomic E-state index is 12.9. The number of methoxy groups -OCH3 is 1. The molecule has 3 aromatic rings. The number of thiazole rings is 1. The molecule has 180 valence electrons.